The molecule has 0 aliphatic rings. The summed E-state index contributed by atoms with van der Waals surface area (Å²) in [5.41, 5.74) is 2.24. The van der Waals surface area contributed by atoms with Gasteiger partial charge in [-0.2, -0.15) is 0 Å². The smallest absolute Gasteiger partial charge is 0.323 e. The van der Waals surface area contributed by atoms with E-state index in [-0.39, 0.29) is 6.54 Å². The van der Waals surface area contributed by atoms with Crippen LogP contribution < -0.4 is 9.47 Å². The molecule has 0 spiro atoms. The summed E-state index contributed by atoms with van der Waals surface area (Å²) >= 11 is 0. The minimum Gasteiger partial charge on any atom is -0.497 e. The van der Waals surface area contributed by atoms with Crippen LogP contribution in [-0.4, -0.2) is 59.9 Å². The Labute approximate surface area is 157 Å². The van der Waals surface area contributed by atoms with Crippen molar-refractivity contribution < 1.29 is 19.4 Å². The number of rotatable bonds is 8. The maximum atomic E-state index is 11.4. The molecule has 0 atom stereocenters. The molecule has 1 aromatic heterocycles. The monoisotopic (exact) mass is 369 g/mol. The van der Waals surface area contributed by atoms with E-state index in [0.29, 0.717) is 23.9 Å². The molecule has 1 N–H and O–H groups in total. The van der Waals surface area contributed by atoms with Gasteiger partial charge in [0.25, 0.3) is 0 Å². The van der Waals surface area contributed by atoms with Crippen LogP contribution >= 0.6 is 0 Å². The lowest BCUT2D eigenvalue weighted by molar-refractivity contribution is -0.137. The van der Waals surface area contributed by atoms with Crippen LogP contribution in [0.25, 0.3) is 22.4 Å². The predicted octanol–water partition coefficient (Wildman–Crippen LogP) is 2.74. The molecule has 0 amide bonds. The zero-order chi connectivity index (χ0) is 19.4. The first kappa shape index (κ1) is 18.7. The van der Waals surface area contributed by atoms with E-state index < -0.39 is 5.97 Å². The Morgan fingerprint density at radius 1 is 1.22 bits per heavy atom. The molecule has 0 radical (unpaired) electrons. The number of carbonyl (C=O) groups is 1. The number of para-hydroxylation sites is 2. The number of imidazole rings is 1. The molecule has 2 aromatic carbocycles. The Hall–Kier alpha value is -3.06. The van der Waals surface area contributed by atoms with E-state index in [1.165, 1.54) is 0 Å². The van der Waals surface area contributed by atoms with Gasteiger partial charge in [-0.15, -0.1) is 0 Å². The minimum atomic E-state index is -0.928. The molecule has 0 aliphatic carbocycles. The SMILES string of the molecule is COc1ccc(-c2nc3ccccc3n2CC(=O)O)c(OCCN(C)C)c1. The second kappa shape index (κ2) is 8.09. The average Bonchev–Trinajstić information content (AvgIpc) is 2.99. The Bertz CT molecular complexity index is 950. The number of carboxylic acid groups (broad SMARTS) is 1. The van der Waals surface area contributed by atoms with Crippen LogP contribution in [0.1, 0.15) is 0 Å². The molecular formula is C20H23N3O4. The number of methoxy groups -OCH3 is 1. The number of fused-ring (bicyclic) bond motifs is 1. The van der Waals surface area contributed by atoms with Gasteiger partial charge in [0, 0.05) is 12.6 Å². The Balaban J connectivity index is 2.10. The molecule has 7 heteroatoms. The van der Waals surface area contributed by atoms with Crippen LogP contribution in [0.2, 0.25) is 0 Å². The standard InChI is InChI=1S/C20H23N3O4/c1-22(2)10-11-27-18-12-14(26-3)8-9-15(18)20-21-16-6-4-5-7-17(16)23(20)13-19(24)25/h4-9,12H,10-11,13H2,1-3H3,(H,24,25). The van der Waals surface area contributed by atoms with Crippen molar-refractivity contribution in [3.63, 3.8) is 0 Å². The van der Waals surface area contributed by atoms with Gasteiger partial charge >= 0.3 is 5.97 Å². The van der Waals surface area contributed by atoms with Gasteiger partial charge in [0.15, 0.2) is 0 Å². The van der Waals surface area contributed by atoms with Gasteiger partial charge in [-0.25, -0.2) is 4.98 Å². The van der Waals surface area contributed by atoms with Gasteiger partial charge in [0.1, 0.15) is 30.5 Å². The van der Waals surface area contributed by atoms with Gasteiger partial charge < -0.3 is 24.0 Å². The molecule has 1 heterocycles. The highest BCUT2D eigenvalue weighted by Crippen LogP contribution is 2.35. The minimum absolute atomic E-state index is 0.182. The number of ether oxygens (including phenoxy) is 2. The number of aromatic nitrogens is 2. The summed E-state index contributed by atoms with van der Waals surface area (Å²) in [5.74, 6) is 0.904. The highest BCUT2D eigenvalue weighted by Gasteiger charge is 2.18. The summed E-state index contributed by atoms with van der Waals surface area (Å²) in [7, 11) is 5.54. The molecule has 0 unspecified atom stereocenters. The first-order valence-electron chi connectivity index (χ1n) is 8.62. The number of aliphatic carboxylic acids is 1. The number of hydrogen-bond donors (Lipinski definition) is 1. The van der Waals surface area contributed by atoms with Crippen molar-refractivity contribution in [1.29, 1.82) is 0 Å². The molecular weight excluding hydrogens is 346 g/mol. The fourth-order valence-corrected chi connectivity index (χ4v) is 2.85. The molecule has 0 aliphatic heterocycles. The van der Waals surface area contributed by atoms with E-state index in [1.807, 2.05) is 55.4 Å². The zero-order valence-electron chi connectivity index (χ0n) is 15.7. The van der Waals surface area contributed by atoms with Crippen LogP contribution in [0.5, 0.6) is 11.5 Å². The van der Waals surface area contributed by atoms with Crippen molar-refractivity contribution in [1.82, 2.24) is 14.5 Å². The summed E-state index contributed by atoms with van der Waals surface area (Å²) in [4.78, 5) is 18.1. The summed E-state index contributed by atoms with van der Waals surface area (Å²) in [6.45, 7) is 1.06. The summed E-state index contributed by atoms with van der Waals surface area (Å²) < 4.78 is 13.0. The lowest BCUT2D eigenvalue weighted by atomic mass is 10.1. The lowest BCUT2D eigenvalue weighted by Crippen LogP contribution is -2.19. The Morgan fingerprint density at radius 3 is 2.70 bits per heavy atom. The van der Waals surface area contributed by atoms with Crippen LogP contribution in [0, 0.1) is 0 Å². The van der Waals surface area contributed by atoms with E-state index in [0.717, 1.165) is 23.1 Å². The van der Waals surface area contributed by atoms with Crippen molar-refractivity contribution in [3.8, 4) is 22.9 Å². The quantitative estimate of drug-likeness (QED) is 0.658. The maximum absolute atomic E-state index is 11.4. The van der Waals surface area contributed by atoms with Gasteiger partial charge in [0.05, 0.1) is 23.7 Å². The number of benzene rings is 2. The Kier molecular flexibility index (Phi) is 5.61. The molecule has 3 rings (SSSR count). The number of carboxylic acids is 1. The highest BCUT2D eigenvalue weighted by molar-refractivity contribution is 5.84. The van der Waals surface area contributed by atoms with Gasteiger partial charge in [-0.3, -0.25) is 4.79 Å². The number of likely N-dealkylation sites (N-methyl/N-ethyl adjacent to an activating group) is 1. The lowest BCUT2D eigenvalue weighted by Gasteiger charge is -2.15. The van der Waals surface area contributed by atoms with Crippen LogP contribution in [0.3, 0.4) is 0 Å². The van der Waals surface area contributed by atoms with E-state index >= 15 is 0 Å². The summed E-state index contributed by atoms with van der Waals surface area (Å²) in [6, 6.07) is 13.0. The summed E-state index contributed by atoms with van der Waals surface area (Å²) in [6.07, 6.45) is 0. The van der Waals surface area contributed by atoms with Crippen molar-refractivity contribution in [2.24, 2.45) is 0 Å². The molecule has 0 fully saturated rings. The third-order valence-electron chi connectivity index (χ3n) is 4.17. The van der Waals surface area contributed by atoms with Crippen molar-refractivity contribution in [2.45, 2.75) is 6.54 Å². The van der Waals surface area contributed by atoms with Crippen molar-refractivity contribution >= 4 is 17.0 Å². The molecule has 0 saturated carbocycles. The zero-order valence-corrected chi connectivity index (χ0v) is 15.7. The highest BCUT2D eigenvalue weighted by atomic mass is 16.5. The second-order valence-corrected chi connectivity index (χ2v) is 6.42. The third kappa shape index (κ3) is 4.20. The summed E-state index contributed by atoms with van der Waals surface area (Å²) in [5, 5.41) is 9.36. The van der Waals surface area contributed by atoms with Gasteiger partial charge in [-0.05, 0) is 38.4 Å². The first-order chi connectivity index (χ1) is 13.0. The number of hydrogen-bond acceptors (Lipinski definition) is 5. The first-order valence-corrected chi connectivity index (χ1v) is 8.62. The maximum Gasteiger partial charge on any atom is 0.323 e. The molecule has 7 nitrogen and oxygen atoms in total. The predicted molar refractivity (Wildman–Crippen MR) is 103 cm³/mol. The fourth-order valence-electron chi connectivity index (χ4n) is 2.85. The Morgan fingerprint density at radius 2 is 2.00 bits per heavy atom. The van der Waals surface area contributed by atoms with E-state index in [4.69, 9.17) is 9.47 Å². The molecule has 0 bridgehead atoms. The fraction of sp³-hybridized carbons (Fsp3) is 0.300. The van der Waals surface area contributed by atoms with Crippen LogP contribution in [0.15, 0.2) is 42.5 Å². The molecule has 3 aromatic rings. The molecule has 142 valence electrons. The average molecular weight is 369 g/mol. The molecule has 0 saturated heterocycles. The topological polar surface area (TPSA) is 76.8 Å². The van der Waals surface area contributed by atoms with E-state index in [1.54, 1.807) is 17.7 Å². The van der Waals surface area contributed by atoms with Crippen LogP contribution in [-0.2, 0) is 11.3 Å². The normalized spacial score (nSPS) is 11.1. The van der Waals surface area contributed by atoms with Gasteiger partial charge in [-0.1, -0.05) is 12.1 Å². The van der Waals surface area contributed by atoms with Crippen molar-refractivity contribution in [2.75, 3.05) is 34.4 Å². The largest absolute Gasteiger partial charge is 0.497 e. The van der Waals surface area contributed by atoms with E-state index in [2.05, 4.69) is 4.98 Å². The number of nitrogens with zero attached hydrogens (tertiary/aromatic N) is 3. The third-order valence-corrected chi connectivity index (χ3v) is 4.17. The molecule has 27 heavy (non-hydrogen) atoms. The van der Waals surface area contributed by atoms with Crippen LogP contribution in [0.4, 0.5) is 0 Å². The second-order valence-electron chi connectivity index (χ2n) is 6.42. The van der Waals surface area contributed by atoms with Crippen molar-refractivity contribution in [3.05, 3.63) is 42.5 Å². The van der Waals surface area contributed by atoms with Gasteiger partial charge in [0.2, 0.25) is 0 Å². The van der Waals surface area contributed by atoms with E-state index in [9.17, 15) is 9.90 Å².